The van der Waals surface area contributed by atoms with Gasteiger partial charge in [-0.1, -0.05) is 26.0 Å². The molecular weight excluding hydrogens is 152 g/mol. The van der Waals surface area contributed by atoms with Crippen molar-refractivity contribution in [1.82, 2.24) is 0 Å². The summed E-state index contributed by atoms with van der Waals surface area (Å²) < 4.78 is 0. The van der Waals surface area contributed by atoms with Crippen molar-refractivity contribution in [3.05, 3.63) is 12.2 Å². The van der Waals surface area contributed by atoms with E-state index in [-0.39, 0.29) is 5.92 Å². The highest BCUT2D eigenvalue weighted by Gasteiger charge is 2.04. The predicted octanol–water partition coefficient (Wildman–Crippen LogP) is 2.70. The zero-order valence-electron chi connectivity index (χ0n) is 8.08. The van der Waals surface area contributed by atoms with Crippen molar-refractivity contribution in [2.75, 3.05) is 0 Å². The summed E-state index contributed by atoms with van der Waals surface area (Å²) in [7, 11) is 0. The van der Waals surface area contributed by atoms with Gasteiger partial charge in [-0.2, -0.15) is 0 Å². The molecule has 0 radical (unpaired) electrons. The first-order valence-corrected chi connectivity index (χ1v) is 4.43. The van der Waals surface area contributed by atoms with Gasteiger partial charge in [-0.3, -0.25) is 4.79 Å². The summed E-state index contributed by atoms with van der Waals surface area (Å²) >= 11 is 0. The molecule has 2 heteroatoms. The lowest BCUT2D eigenvalue weighted by atomic mass is 10.1. The summed E-state index contributed by atoms with van der Waals surface area (Å²) in [5.74, 6) is -0.414. The molecular formula is C10H18O2. The van der Waals surface area contributed by atoms with Crippen LogP contribution in [0.4, 0.5) is 0 Å². The van der Waals surface area contributed by atoms with E-state index in [1.807, 2.05) is 6.08 Å². The molecule has 1 unspecified atom stereocenters. The van der Waals surface area contributed by atoms with E-state index in [0.29, 0.717) is 5.92 Å². The van der Waals surface area contributed by atoms with Crippen molar-refractivity contribution in [2.45, 2.75) is 33.6 Å². The van der Waals surface area contributed by atoms with Crippen LogP contribution in [0.15, 0.2) is 12.2 Å². The largest absolute Gasteiger partial charge is 0.481 e. The second-order valence-electron chi connectivity index (χ2n) is 3.53. The minimum Gasteiger partial charge on any atom is -0.481 e. The molecule has 0 spiro atoms. The normalized spacial score (nSPS) is 14.0. The van der Waals surface area contributed by atoms with E-state index in [1.165, 1.54) is 0 Å². The third-order valence-electron chi connectivity index (χ3n) is 1.72. The average Bonchev–Trinajstić information content (AvgIpc) is 1.97. The fourth-order valence-corrected chi connectivity index (χ4v) is 0.812. The van der Waals surface area contributed by atoms with Gasteiger partial charge in [-0.15, -0.1) is 0 Å². The summed E-state index contributed by atoms with van der Waals surface area (Å²) in [5.41, 5.74) is 0. The molecule has 0 bridgehead atoms. The molecule has 0 heterocycles. The topological polar surface area (TPSA) is 37.3 Å². The molecule has 0 aliphatic rings. The standard InChI is InChI=1S/C10H18O2/c1-8(2)6-4-5-7-9(3)10(11)12/h5,7-9H,4,6H2,1-3H3,(H,11,12). The van der Waals surface area contributed by atoms with Crippen LogP contribution in [0, 0.1) is 11.8 Å². The molecule has 0 rings (SSSR count). The van der Waals surface area contributed by atoms with Gasteiger partial charge in [-0.05, 0) is 25.7 Å². The highest BCUT2D eigenvalue weighted by Crippen LogP contribution is 2.05. The number of carboxylic acid groups (broad SMARTS) is 1. The number of allylic oxidation sites excluding steroid dienone is 1. The highest BCUT2D eigenvalue weighted by molar-refractivity contribution is 5.71. The van der Waals surface area contributed by atoms with Crippen molar-refractivity contribution in [3.8, 4) is 0 Å². The van der Waals surface area contributed by atoms with Crippen LogP contribution >= 0.6 is 0 Å². The third-order valence-corrected chi connectivity index (χ3v) is 1.72. The Labute approximate surface area is 74.3 Å². The van der Waals surface area contributed by atoms with E-state index in [0.717, 1.165) is 12.8 Å². The third kappa shape index (κ3) is 5.96. The molecule has 0 aromatic heterocycles. The SMILES string of the molecule is CC(C)CCC=CC(C)C(=O)O. The lowest BCUT2D eigenvalue weighted by Gasteiger charge is -2.00. The van der Waals surface area contributed by atoms with E-state index >= 15 is 0 Å². The molecule has 0 aliphatic heterocycles. The lowest BCUT2D eigenvalue weighted by molar-refractivity contribution is -0.139. The average molecular weight is 170 g/mol. The summed E-state index contributed by atoms with van der Waals surface area (Å²) in [6.45, 7) is 6.01. The molecule has 0 aromatic rings. The Balaban J connectivity index is 3.55. The Bertz CT molecular complexity index is 159. The minimum absolute atomic E-state index is 0.350. The van der Waals surface area contributed by atoms with Crippen molar-refractivity contribution < 1.29 is 9.90 Å². The highest BCUT2D eigenvalue weighted by atomic mass is 16.4. The fraction of sp³-hybridized carbons (Fsp3) is 0.700. The van der Waals surface area contributed by atoms with E-state index < -0.39 is 5.97 Å². The summed E-state index contributed by atoms with van der Waals surface area (Å²) in [5, 5.41) is 8.54. The second kappa shape index (κ2) is 5.81. The van der Waals surface area contributed by atoms with E-state index in [2.05, 4.69) is 13.8 Å². The Hall–Kier alpha value is -0.790. The molecule has 0 saturated heterocycles. The second-order valence-corrected chi connectivity index (χ2v) is 3.53. The monoisotopic (exact) mass is 170 g/mol. The molecule has 0 aromatic carbocycles. The molecule has 12 heavy (non-hydrogen) atoms. The Morgan fingerprint density at radius 1 is 1.42 bits per heavy atom. The first-order valence-electron chi connectivity index (χ1n) is 4.43. The van der Waals surface area contributed by atoms with Crippen LogP contribution in [0.1, 0.15) is 33.6 Å². The molecule has 1 atom stereocenters. The molecule has 1 N–H and O–H groups in total. The Morgan fingerprint density at radius 3 is 2.42 bits per heavy atom. The minimum atomic E-state index is -0.754. The van der Waals surface area contributed by atoms with Crippen LogP contribution in [-0.2, 0) is 4.79 Å². The molecule has 0 aliphatic carbocycles. The van der Waals surface area contributed by atoms with Gasteiger partial charge in [0.25, 0.3) is 0 Å². The van der Waals surface area contributed by atoms with Crippen LogP contribution in [0.2, 0.25) is 0 Å². The number of rotatable bonds is 5. The van der Waals surface area contributed by atoms with E-state index in [9.17, 15) is 4.79 Å². The number of aliphatic carboxylic acids is 1. The zero-order chi connectivity index (χ0) is 9.56. The van der Waals surface area contributed by atoms with Crippen molar-refractivity contribution in [3.63, 3.8) is 0 Å². The summed E-state index contributed by atoms with van der Waals surface area (Å²) in [4.78, 5) is 10.4. The van der Waals surface area contributed by atoms with Crippen LogP contribution in [-0.4, -0.2) is 11.1 Å². The maximum Gasteiger partial charge on any atom is 0.310 e. The number of hydrogen-bond acceptors (Lipinski definition) is 1. The fourth-order valence-electron chi connectivity index (χ4n) is 0.812. The molecule has 70 valence electrons. The number of carboxylic acids is 1. The molecule has 0 saturated carbocycles. The Morgan fingerprint density at radius 2 is 2.00 bits per heavy atom. The van der Waals surface area contributed by atoms with Gasteiger partial charge < -0.3 is 5.11 Å². The van der Waals surface area contributed by atoms with Gasteiger partial charge in [0, 0.05) is 0 Å². The number of hydrogen-bond donors (Lipinski definition) is 1. The van der Waals surface area contributed by atoms with Crippen LogP contribution in [0.25, 0.3) is 0 Å². The van der Waals surface area contributed by atoms with Crippen LogP contribution < -0.4 is 0 Å². The smallest absolute Gasteiger partial charge is 0.310 e. The van der Waals surface area contributed by atoms with Gasteiger partial charge >= 0.3 is 5.97 Å². The molecule has 0 fully saturated rings. The van der Waals surface area contributed by atoms with E-state index in [4.69, 9.17) is 5.11 Å². The first kappa shape index (κ1) is 11.2. The van der Waals surface area contributed by atoms with Crippen LogP contribution in [0.3, 0.4) is 0 Å². The van der Waals surface area contributed by atoms with Crippen molar-refractivity contribution >= 4 is 5.97 Å². The van der Waals surface area contributed by atoms with E-state index in [1.54, 1.807) is 13.0 Å². The predicted molar refractivity (Wildman–Crippen MR) is 50.0 cm³/mol. The first-order chi connectivity index (χ1) is 5.54. The quantitative estimate of drug-likeness (QED) is 0.644. The lowest BCUT2D eigenvalue weighted by Crippen LogP contribution is -2.05. The van der Waals surface area contributed by atoms with Crippen molar-refractivity contribution in [1.29, 1.82) is 0 Å². The molecule has 2 nitrogen and oxygen atoms in total. The van der Waals surface area contributed by atoms with Crippen molar-refractivity contribution in [2.24, 2.45) is 11.8 Å². The van der Waals surface area contributed by atoms with Gasteiger partial charge in [0.15, 0.2) is 0 Å². The summed E-state index contributed by atoms with van der Waals surface area (Å²) in [6, 6.07) is 0. The van der Waals surface area contributed by atoms with Gasteiger partial charge in [0.2, 0.25) is 0 Å². The summed E-state index contributed by atoms with van der Waals surface area (Å²) in [6.07, 6.45) is 5.82. The zero-order valence-corrected chi connectivity index (χ0v) is 8.08. The number of carbonyl (C=O) groups is 1. The van der Waals surface area contributed by atoms with Crippen LogP contribution in [0.5, 0.6) is 0 Å². The maximum atomic E-state index is 10.4. The van der Waals surface area contributed by atoms with Gasteiger partial charge in [0.05, 0.1) is 5.92 Å². The van der Waals surface area contributed by atoms with Gasteiger partial charge in [-0.25, -0.2) is 0 Å². The molecule has 0 amide bonds. The van der Waals surface area contributed by atoms with Gasteiger partial charge in [0.1, 0.15) is 0 Å². The Kier molecular flexibility index (Phi) is 5.43. The maximum absolute atomic E-state index is 10.4.